The van der Waals surface area contributed by atoms with Gasteiger partial charge in [-0.05, 0) is 50.5 Å². The van der Waals surface area contributed by atoms with Crippen LogP contribution in [0, 0.1) is 19.7 Å². The average Bonchev–Trinajstić information content (AvgIpc) is 3.37. The van der Waals surface area contributed by atoms with Crippen LogP contribution in [0.4, 0.5) is 10.2 Å². The molecular weight excluding hydrogens is 523 g/mol. The van der Waals surface area contributed by atoms with E-state index in [2.05, 4.69) is 15.3 Å². The summed E-state index contributed by atoms with van der Waals surface area (Å²) < 4.78 is 45.8. The molecule has 1 amide bonds. The van der Waals surface area contributed by atoms with Gasteiger partial charge in [-0.25, -0.2) is 27.5 Å². The minimum atomic E-state index is -3.72. The van der Waals surface area contributed by atoms with Gasteiger partial charge in [0.2, 0.25) is 10.0 Å². The Bertz CT molecular complexity index is 1550. The van der Waals surface area contributed by atoms with Crippen molar-refractivity contribution in [3.8, 4) is 16.3 Å². The van der Waals surface area contributed by atoms with Crippen molar-refractivity contribution >= 4 is 54.5 Å². The lowest BCUT2D eigenvalue weighted by atomic mass is 10.0. The molecular formula is C24H25FN4O4S3. The van der Waals surface area contributed by atoms with Crippen molar-refractivity contribution in [2.24, 2.45) is 0 Å². The lowest BCUT2D eigenvalue weighted by molar-refractivity contribution is 0.0982. The quantitative estimate of drug-likeness (QED) is 0.306. The number of aryl methyl sites for hydroxylation is 2. The maximum absolute atomic E-state index is 14.1. The molecule has 1 aromatic carbocycles. The second kappa shape index (κ2) is 10.5. The summed E-state index contributed by atoms with van der Waals surface area (Å²) in [5.74, 6) is -0.0839. The molecule has 8 nitrogen and oxygen atoms in total. The number of amides is 1. The van der Waals surface area contributed by atoms with Gasteiger partial charge in [0.05, 0.1) is 23.4 Å². The third-order valence-electron chi connectivity index (χ3n) is 5.43. The van der Waals surface area contributed by atoms with E-state index >= 15 is 0 Å². The summed E-state index contributed by atoms with van der Waals surface area (Å²) in [5.41, 5.74) is 2.34. The van der Waals surface area contributed by atoms with Crippen LogP contribution in [0.3, 0.4) is 0 Å². The number of rotatable bonds is 9. The van der Waals surface area contributed by atoms with Gasteiger partial charge in [0.1, 0.15) is 28.6 Å². The summed E-state index contributed by atoms with van der Waals surface area (Å²) in [6.45, 7) is 6.52. The van der Waals surface area contributed by atoms with Crippen LogP contribution in [-0.2, 0) is 16.4 Å². The second-order valence-electron chi connectivity index (χ2n) is 8.09. The highest BCUT2D eigenvalue weighted by Gasteiger charge is 2.22. The predicted molar refractivity (Wildman–Crippen MR) is 142 cm³/mol. The maximum atomic E-state index is 14.1. The largest absolute Gasteiger partial charge is 0.492 e. The number of anilines is 1. The third-order valence-corrected chi connectivity index (χ3v) is 8.24. The Morgan fingerprint density at radius 3 is 2.67 bits per heavy atom. The van der Waals surface area contributed by atoms with E-state index in [1.807, 2.05) is 17.7 Å². The van der Waals surface area contributed by atoms with Crippen LogP contribution in [-0.4, -0.2) is 43.7 Å². The van der Waals surface area contributed by atoms with Crippen molar-refractivity contribution in [2.45, 2.75) is 27.2 Å². The molecule has 0 saturated heterocycles. The monoisotopic (exact) mass is 548 g/mol. The number of benzene rings is 1. The van der Waals surface area contributed by atoms with E-state index in [9.17, 15) is 17.6 Å². The van der Waals surface area contributed by atoms with Gasteiger partial charge >= 0.3 is 0 Å². The molecule has 0 bridgehead atoms. The smallest absolute Gasteiger partial charge is 0.278 e. The first-order valence-electron chi connectivity index (χ1n) is 11.1. The number of carbonyl (C=O) groups excluding carboxylic acids is 1. The van der Waals surface area contributed by atoms with Crippen molar-refractivity contribution in [3.63, 3.8) is 0 Å². The first kappa shape index (κ1) is 26.0. The van der Waals surface area contributed by atoms with E-state index in [0.29, 0.717) is 41.5 Å². The van der Waals surface area contributed by atoms with E-state index < -0.39 is 15.9 Å². The van der Waals surface area contributed by atoms with Crippen LogP contribution in [0.5, 0.6) is 5.75 Å². The zero-order chi connectivity index (χ0) is 26.0. The summed E-state index contributed by atoms with van der Waals surface area (Å²) in [7, 11) is -3.72. The molecule has 4 rings (SSSR count). The number of halogens is 1. The van der Waals surface area contributed by atoms with Crippen LogP contribution < -0.4 is 14.8 Å². The average molecular weight is 549 g/mol. The predicted octanol–water partition coefficient (Wildman–Crippen LogP) is 4.92. The minimum Gasteiger partial charge on any atom is -0.492 e. The SMILES string of the molecule is CCOc1cc(-c2cc(NCCc3c(C)sc4ccc(F)c(C)c34)ncn2)sc1C(=O)NS(C)(=O)=O. The summed E-state index contributed by atoms with van der Waals surface area (Å²) >= 11 is 2.74. The maximum Gasteiger partial charge on any atom is 0.278 e. The summed E-state index contributed by atoms with van der Waals surface area (Å²) in [6, 6.07) is 6.75. The fourth-order valence-electron chi connectivity index (χ4n) is 3.87. The Labute approximate surface area is 216 Å². The lowest BCUT2D eigenvalue weighted by Crippen LogP contribution is -2.28. The van der Waals surface area contributed by atoms with Gasteiger partial charge in [-0.1, -0.05) is 0 Å². The molecule has 2 N–H and O–H groups in total. The number of fused-ring (bicyclic) bond motifs is 1. The van der Waals surface area contributed by atoms with Crippen molar-refractivity contribution in [1.29, 1.82) is 0 Å². The highest BCUT2D eigenvalue weighted by atomic mass is 32.2. The summed E-state index contributed by atoms with van der Waals surface area (Å²) in [4.78, 5) is 23.0. The molecule has 0 unspecified atom stereocenters. The van der Waals surface area contributed by atoms with Crippen LogP contribution >= 0.6 is 22.7 Å². The number of aromatic nitrogens is 2. The Kier molecular flexibility index (Phi) is 7.57. The van der Waals surface area contributed by atoms with Gasteiger partial charge in [-0.3, -0.25) is 4.79 Å². The molecule has 3 aromatic heterocycles. The van der Waals surface area contributed by atoms with Gasteiger partial charge in [-0.2, -0.15) is 0 Å². The molecule has 0 aliphatic heterocycles. The third kappa shape index (κ3) is 5.66. The van der Waals surface area contributed by atoms with Crippen LogP contribution in [0.2, 0.25) is 0 Å². The summed E-state index contributed by atoms with van der Waals surface area (Å²) in [6.07, 6.45) is 3.03. The zero-order valence-electron chi connectivity index (χ0n) is 20.1. The number of nitrogens with zero attached hydrogens (tertiary/aromatic N) is 2. The number of thiophene rings is 2. The number of ether oxygens (including phenoxy) is 1. The standard InChI is InChI=1S/C24H25FN4O4S3/c1-5-33-18-11-20(35-23(18)24(30)29-36(4,31)32)17-10-21(28-12-27-17)26-9-8-15-14(3)34-19-7-6-16(25)13(2)22(15)19/h6-7,10-12H,5,8-9H2,1-4H3,(H,29,30)(H,26,27,28). The van der Waals surface area contributed by atoms with Crippen molar-refractivity contribution in [2.75, 3.05) is 24.7 Å². The number of hydrogen-bond acceptors (Lipinski definition) is 9. The highest BCUT2D eigenvalue weighted by molar-refractivity contribution is 7.89. The van der Waals surface area contributed by atoms with E-state index in [1.54, 1.807) is 37.3 Å². The van der Waals surface area contributed by atoms with Gasteiger partial charge < -0.3 is 10.1 Å². The lowest BCUT2D eigenvalue weighted by Gasteiger charge is -2.08. The molecule has 0 atom stereocenters. The second-order valence-corrected chi connectivity index (χ2v) is 12.1. The van der Waals surface area contributed by atoms with Crippen LogP contribution in [0.1, 0.15) is 32.6 Å². The highest BCUT2D eigenvalue weighted by Crippen LogP contribution is 2.37. The van der Waals surface area contributed by atoms with Gasteiger partial charge in [0.15, 0.2) is 0 Å². The van der Waals surface area contributed by atoms with Gasteiger partial charge in [0.25, 0.3) is 5.91 Å². The minimum absolute atomic E-state index is 0.146. The Balaban J connectivity index is 1.53. The molecule has 3 heterocycles. The normalized spacial score (nSPS) is 11.6. The molecule has 36 heavy (non-hydrogen) atoms. The Morgan fingerprint density at radius 2 is 1.94 bits per heavy atom. The van der Waals surface area contributed by atoms with Crippen molar-refractivity contribution in [3.05, 3.63) is 57.3 Å². The molecule has 0 saturated carbocycles. The first-order chi connectivity index (χ1) is 17.1. The Hall–Kier alpha value is -3.09. The topological polar surface area (TPSA) is 110 Å². The fourth-order valence-corrected chi connectivity index (χ4v) is 6.50. The van der Waals surface area contributed by atoms with Crippen molar-refractivity contribution < 1.29 is 22.3 Å². The molecule has 0 radical (unpaired) electrons. The molecule has 12 heteroatoms. The fraction of sp³-hybridized carbons (Fsp3) is 0.292. The van der Waals surface area contributed by atoms with Crippen molar-refractivity contribution in [1.82, 2.24) is 14.7 Å². The zero-order valence-corrected chi connectivity index (χ0v) is 22.6. The molecule has 0 aliphatic carbocycles. The molecule has 0 fully saturated rings. The van der Waals surface area contributed by atoms with Crippen LogP contribution in [0.25, 0.3) is 20.7 Å². The summed E-state index contributed by atoms with van der Waals surface area (Å²) in [5, 5.41) is 4.27. The molecule has 0 aliphatic rings. The van der Waals surface area contributed by atoms with E-state index in [1.165, 1.54) is 12.4 Å². The first-order valence-corrected chi connectivity index (χ1v) is 14.6. The van der Waals surface area contributed by atoms with Crippen LogP contribution in [0.15, 0.2) is 30.6 Å². The number of hydrogen-bond donors (Lipinski definition) is 2. The number of nitrogens with one attached hydrogen (secondary N) is 2. The number of sulfonamides is 1. The van der Waals surface area contributed by atoms with E-state index in [4.69, 9.17) is 4.74 Å². The molecule has 0 spiro atoms. The Morgan fingerprint density at radius 1 is 1.17 bits per heavy atom. The molecule has 4 aromatic rings. The number of carbonyl (C=O) groups is 1. The van der Waals surface area contributed by atoms with Gasteiger partial charge in [-0.15, -0.1) is 22.7 Å². The van der Waals surface area contributed by atoms with Gasteiger partial charge in [0, 0.05) is 33.6 Å². The van der Waals surface area contributed by atoms with E-state index in [-0.39, 0.29) is 16.4 Å². The van der Waals surface area contributed by atoms with E-state index in [0.717, 1.165) is 38.1 Å². The molecule has 190 valence electrons.